The van der Waals surface area contributed by atoms with Crippen molar-refractivity contribution in [2.75, 3.05) is 26.3 Å². The predicted molar refractivity (Wildman–Crippen MR) is 70.8 cm³/mol. The average Bonchev–Trinajstić information content (AvgIpc) is 2.37. The molecule has 0 saturated heterocycles. The smallest absolute Gasteiger partial charge is 0.220 e. The van der Waals surface area contributed by atoms with Gasteiger partial charge in [-0.05, 0) is 38.1 Å². The summed E-state index contributed by atoms with van der Waals surface area (Å²) in [6.45, 7) is 8.88. The third kappa shape index (κ3) is 6.64. The molecule has 102 valence electrons. The molecule has 0 radical (unpaired) electrons. The fourth-order valence-corrected chi connectivity index (χ4v) is 1.71. The van der Waals surface area contributed by atoms with Gasteiger partial charge in [-0.1, -0.05) is 13.8 Å². The van der Waals surface area contributed by atoms with Crippen LogP contribution in [0.4, 0.5) is 0 Å². The van der Waals surface area contributed by atoms with Crippen molar-refractivity contribution in [1.82, 2.24) is 5.32 Å². The average molecular weight is 244 g/mol. The Bertz CT molecular complexity index is 195. The van der Waals surface area contributed by atoms with Gasteiger partial charge in [0.2, 0.25) is 5.91 Å². The van der Waals surface area contributed by atoms with E-state index in [1.807, 2.05) is 6.92 Å². The Labute approximate surface area is 105 Å². The van der Waals surface area contributed by atoms with Gasteiger partial charge in [-0.25, -0.2) is 0 Å². The molecule has 0 atom stereocenters. The lowest BCUT2D eigenvalue weighted by molar-refractivity contribution is -0.122. The van der Waals surface area contributed by atoms with Crippen LogP contribution in [0.3, 0.4) is 0 Å². The summed E-state index contributed by atoms with van der Waals surface area (Å²) in [6.07, 6.45) is 3.32. The second-order valence-electron chi connectivity index (χ2n) is 4.49. The minimum absolute atomic E-state index is 0.0651. The first-order chi connectivity index (χ1) is 8.14. The molecule has 0 aromatic carbocycles. The maximum Gasteiger partial charge on any atom is 0.220 e. The van der Waals surface area contributed by atoms with Crippen LogP contribution in [0, 0.1) is 5.41 Å². The lowest BCUT2D eigenvalue weighted by atomic mass is 9.82. The molecule has 0 aliphatic rings. The van der Waals surface area contributed by atoms with E-state index < -0.39 is 0 Å². The zero-order valence-electron chi connectivity index (χ0n) is 11.6. The highest BCUT2D eigenvalue weighted by atomic mass is 16.5. The van der Waals surface area contributed by atoms with Crippen LogP contribution in [0.25, 0.3) is 0 Å². The third-order valence-electron chi connectivity index (χ3n) is 3.49. The summed E-state index contributed by atoms with van der Waals surface area (Å²) in [7, 11) is 0. The number of amides is 1. The molecule has 4 heteroatoms. The van der Waals surface area contributed by atoms with Crippen LogP contribution < -0.4 is 11.1 Å². The molecule has 17 heavy (non-hydrogen) atoms. The van der Waals surface area contributed by atoms with Gasteiger partial charge >= 0.3 is 0 Å². The molecule has 4 nitrogen and oxygen atoms in total. The summed E-state index contributed by atoms with van der Waals surface area (Å²) in [6, 6.07) is 0. The van der Waals surface area contributed by atoms with Gasteiger partial charge in [0.15, 0.2) is 0 Å². The molecule has 0 heterocycles. The fourth-order valence-electron chi connectivity index (χ4n) is 1.71. The third-order valence-corrected chi connectivity index (χ3v) is 3.49. The summed E-state index contributed by atoms with van der Waals surface area (Å²) < 4.78 is 5.19. The first-order valence-electron chi connectivity index (χ1n) is 6.68. The second kappa shape index (κ2) is 9.42. The van der Waals surface area contributed by atoms with Crippen molar-refractivity contribution in [2.24, 2.45) is 11.1 Å². The summed E-state index contributed by atoms with van der Waals surface area (Å²) in [4.78, 5) is 11.6. The Kier molecular flexibility index (Phi) is 9.09. The number of hydrogen-bond donors (Lipinski definition) is 2. The standard InChI is InChI=1S/C13H28N2O2/c1-4-13(5-2,10-14)11-15-12(16)8-7-9-17-6-3/h4-11,14H2,1-3H3,(H,15,16). The van der Waals surface area contributed by atoms with E-state index in [0.717, 1.165) is 19.3 Å². The van der Waals surface area contributed by atoms with Crippen LogP contribution in [-0.2, 0) is 9.53 Å². The maximum absolute atomic E-state index is 11.6. The molecule has 0 spiro atoms. The van der Waals surface area contributed by atoms with Crippen molar-refractivity contribution in [3.8, 4) is 0 Å². The lowest BCUT2D eigenvalue weighted by Gasteiger charge is -2.30. The largest absolute Gasteiger partial charge is 0.382 e. The van der Waals surface area contributed by atoms with Crippen LogP contribution in [0.2, 0.25) is 0 Å². The minimum Gasteiger partial charge on any atom is -0.382 e. The van der Waals surface area contributed by atoms with Crippen LogP contribution in [0.1, 0.15) is 46.5 Å². The SMILES string of the molecule is CCOCCCC(=O)NCC(CC)(CC)CN. The first kappa shape index (κ1) is 16.4. The zero-order valence-corrected chi connectivity index (χ0v) is 11.6. The van der Waals surface area contributed by atoms with Gasteiger partial charge in [-0.2, -0.15) is 0 Å². The molecule has 0 fully saturated rings. The summed E-state index contributed by atoms with van der Waals surface area (Å²) in [5, 5.41) is 2.98. The first-order valence-corrected chi connectivity index (χ1v) is 6.68. The zero-order chi connectivity index (χ0) is 13.1. The van der Waals surface area contributed by atoms with E-state index in [4.69, 9.17) is 10.5 Å². The number of hydrogen-bond acceptors (Lipinski definition) is 3. The fraction of sp³-hybridized carbons (Fsp3) is 0.923. The van der Waals surface area contributed by atoms with E-state index in [1.54, 1.807) is 0 Å². The van der Waals surface area contributed by atoms with E-state index in [9.17, 15) is 4.79 Å². The van der Waals surface area contributed by atoms with Gasteiger partial charge in [0.1, 0.15) is 0 Å². The highest BCUT2D eigenvalue weighted by Crippen LogP contribution is 2.23. The molecule has 0 unspecified atom stereocenters. The van der Waals surface area contributed by atoms with E-state index in [1.165, 1.54) is 0 Å². The van der Waals surface area contributed by atoms with Crippen molar-refractivity contribution in [3.63, 3.8) is 0 Å². The summed E-state index contributed by atoms with van der Waals surface area (Å²) in [5.41, 5.74) is 5.85. The van der Waals surface area contributed by atoms with Gasteiger partial charge in [0, 0.05) is 26.2 Å². The monoisotopic (exact) mass is 244 g/mol. The van der Waals surface area contributed by atoms with Crippen molar-refractivity contribution >= 4 is 5.91 Å². The van der Waals surface area contributed by atoms with Gasteiger partial charge in [0.25, 0.3) is 0 Å². The van der Waals surface area contributed by atoms with E-state index in [2.05, 4.69) is 19.2 Å². The Balaban J connectivity index is 3.81. The molecule has 0 aromatic heterocycles. The van der Waals surface area contributed by atoms with Gasteiger partial charge in [-0.3, -0.25) is 4.79 Å². The van der Waals surface area contributed by atoms with Crippen molar-refractivity contribution in [3.05, 3.63) is 0 Å². The van der Waals surface area contributed by atoms with Gasteiger partial charge in [0.05, 0.1) is 0 Å². The minimum atomic E-state index is 0.0651. The predicted octanol–water partition coefficient (Wildman–Crippen LogP) is 1.68. The van der Waals surface area contributed by atoms with Gasteiger partial charge < -0.3 is 15.8 Å². The summed E-state index contributed by atoms with van der Waals surface area (Å²) in [5.74, 6) is 0.101. The molecular weight excluding hydrogens is 216 g/mol. The Morgan fingerprint density at radius 1 is 1.29 bits per heavy atom. The number of ether oxygens (including phenoxy) is 1. The molecular formula is C13H28N2O2. The quantitative estimate of drug-likeness (QED) is 0.575. The van der Waals surface area contributed by atoms with E-state index >= 15 is 0 Å². The Hall–Kier alpha value is -0.610. The van der Waals surface area contributed by atoms with E-state index in [-0.39, 0.29) is 11.3 Å². The molecule has 0 aromatic rings. The molecule has 0 aliphatic carbocycles. The molecule has 0 aliphatic heterocycles. The molecule has 1 amide bonds. The maximum atomic E-state index is 11.6. The number of nitrogens with two attached hydrogens (primary N) is 1. The number of carbonyl (C=O) groups is 1. The molecule has 0 saturated carbocycles. The second-order valence-corrected chi connectivity index (χ2v) is 4.49. The highest BCUT2D eigenvalue weighted by molar-refractivity contribution is 5.75. The number of rotatable bonds is 10. The Morgan fingerprint density at radius 2 is 1.94 bits per heavy atom. The van der Waals surface area contributed by atoms with Crippen molar-refractivity contribution in [2.45, 2.75) is 46.5 Å². The van der Waals surface area contributed by atoms with Crippen LogP contribution >= 0.6 is 0 Å². The number of nitrogens with one attached hydrogen (secondary N) is 1. The topological polar surface area (TPSA) is 64.3 Å². The molecule has 3 N–H and O–H groups in total. The summed E-state index contributed by atoms with van der Waals surface area (Å²) >= 11 is 0. The Morgan fingerprint density at radius 3 is 2.41 bits per heavy atom. The van der Waals surface area contributed by atoms with Gasteiger partial charge in [-0.15, -0.1) is 0 Å². The van der Waals surface area contributed by atoms with E-state index in [0.29, 0.717) is 32.7 Å². The molecule has 0 bridgehead atoms. The molecule has 0 rings (SSSR count). The van der Waals surface area contributed by atoms with Crippen molar-refractivity contribution in [1.29, 1.82) is 0 Å². The van der Waals surface area contributed by atoms with Crippen LogP contribution in [0.15, 0.2) is 0 Å². The highest BCUT2D eigenvalue weighted by Gasteiger charge is 2.24. The van der Waals surface area contributed by atoms with Crippen molar-refractivity contribution < 1.29 is 9.53 Å². The lowest BCUT2D eigenvalue weighted by Crippen LogP contribution is -2.41. The van der Waals surface area contributed by atoms with Crippen LogP contribution in [0.5, 0.6) is 0 Å². The normalized spacial score (nSPS) is 11.5. The van der Waals surface area contributed by atoms with Crippen LogP contribution in [-0.4, -0.2) is 32.2 Å². The number of carbonyl (C=O) groups excluding carboxylic acids is 1.